The van der Waals surface area contributed by atoms with Crippen molar-refractivity contribution in [1.82, 2.24) is 4.90 Å². The topological polar surface area (TPSA) is 46.6 Å². The lowest BCUT2D eigenvalue weighted by molar-refractivity contribution is -0.112. The van der Waals surface area contributed by atoms with Gasteiger partial charge in [0.2, 0.25) is 0 Å². The molecule has 100 valence electrons. The minimum atomic E-state index is -0.615. The molecule has 0 aromatic carbocycles. The van der Waals surface area contributed by atoms with Crippen LogP contribution in [-0.2, 0) is 9.53 Å². The lowest BCUT2D eigenvalue weighted by Gasteiger charge is -2.27. The average Bonchev–Trinajstić information content (AvgIpc) is 2.63. The summed E-state index contributed by atoms with van der Waals surface area (Å²) < 4.78 is 6.13. The van der Waals surface area contributed by atoms with Gasteiger partial charge in [-0.3, -0.25) is 4.90 Å². The molecule has 18 heavy (non-hydrogen) atoms. The highest BCUT2D eigenvalue weighted by atomic mass is 79.9. The zero-order valence-electron chi connectivity index (χ0n) is 10.8. The first-order valence-electron chi connectivity index (χ1n) is 5.39. The number of halogens is 1. The van der Waals surface area contributed by atoms with Gasteiger partial charge in [-0.05, 0) is 42.8 Å². The second-order valence-electron chi connectivity index (χ2n) is 4.84. The maximum atomic E-state index is 11.9. The molecule has 0 aliphatic rings. The molecule has 1 atom stereocenters. The third-order valence-electron chi connectivity index (χ3n) is 2.11. The Morgan fingerprint density at radius 1 is 1.56 bits per heavy atom. The summed E-state index contributed by atoms with van der Waals surface area (Å²) in [6.07, 6.45) is 0.228. The molecule has 0 saturated heterocycles. The number of hydrogen-bond donors (Lipinski definition) is 0. The molecule has 1 rings (SSSR count). The van der Waals surface area contributed by atoms with Crippen molar-refractivity contribution in [1.29, 1.82) is 0 Å². The van der Waals surface area contributed by atoms with Crippen LogP contribution in [0.5, 0.6) is 0 Å². The Balaban J connectivity index is 2.83. The smallest absolute Gasteiger partial charge is 0.410 e. The number of hydrogen-bond acceptors (Lipinski definition) is 4. The van der Waals surface area contributed by atoms with Crippen molar-refractivity contribution in [3.8, 4) is 0 Å². The molecule has 0 aliphatic carbocycles. The molecule has 4 nitrogen and oxygen atoms in total. The van der Waals surface area contributed by atoms with E-state index in [0.29, 0.717) is 0 Å². The number of amides is 1. The van der Waals surface area contributed by atoms with E-state index in [1.807, 2.05) is 11.4 Å². The number of carbonyl (C=O) groups excluding carboxylic acids is 2. The minimum Gasteiger partial charge on any atom is -0.444 e. The lowest BCUT2D eigenvalue weighted by atomic mass is 10.2. The highest BCUT2D eigenvalue weighted by Crippen LogP contribution is 2.28. The van der Waals surface area contributed by atoms with Gasteiger partial charge in [0, 0.05) is 21.8 Å². The fraction of sp³-hybridized carbons (Fsp3) is 0.500. The second-order valence-corrected chi connectivity index (χ2v) is 6.70. The maximum Gasteiger partial charge on any atom is 0.410 e. The number of thiophene rings is 1. The third kappa shape index (κ3) is 4.10. The van der Waals surface area contributed by atoms with Gasteiger partial charge in [0.1, 0.15) is 17.9 Å². The van der Waals surface area contributed by atoms with Crippen molar-refractivity contribution in [2.75, 3.05) is 7.05 Å². The second kappa shape index (κ2) is 5.84. The molecule has 0 saturated carbocycles. The van der Waals surface area contributed by atoms with E-state index >= 15 is 0 Å². The summed E-state index contributed by atoms with van der Waals surface area (Å²) in [7, 11) is 1.56. The molecule has 6 heteroatoms. The number of nitrogens with zero attached hydrogens (tertiary/aromatic N) is 1. The van der Waals surface area contributed by atoms with Gasteiger partial charge >= 0.3 is 6.09 Å². The Labute approximate surface area is 119 Å². The first-order valence-corrected chi connectivity index (χ1v) is 7.07. The molecule has 1 unspecified atom stereocenters. The fourth-order valence-corrected chi connectivity index (χ4v) is 2.82. The van der Waals surface area contributed by atoms with Gasteiger partial charge in [-0.25, -0.2) is 4.79 Å². The number of rotatable bonds is 3. The van der Waals surface area contributed by atoms with Gasteiger partial charge in [0.15, 0.2) is 0 Å². The van der Waals surface area contributed by atoms with Crippen LogP contribution >= 0.6 is 27.3 Å². The molecule has 0 fully saturated rings. The first kappa shape index (κ1) is 15.2. The molecule has 1 amide bonds. The van der Waals surface area contributed by atoms with Crippen molar-refractivity contribution in [3.05, 3.63) is 20.8 Å². The molecule has 1 aromatic heterocycles. The van der Waals surface area contributed by atoms with Gasteiger partial charge in [-0.15, -0.1) is 11.3 Å². The third-order valence-corrected chi connectivity index (χ3v) is 3.87. The van der Waals surface area contributed by atoms with E-state index < -0.39 is 17.7 Å². The zero-order chi connectivity index (χ0) is 13.9. The van der Waals surface area contributed by atoms with Gasteiger partial charge in [0.25, 0.3) is 0 Å². The fourth-order valence-electron chi connectivity index (χ4n) is 1.28. The van der Waals surface area contributed by atoms with E-state index in [1.165, 1.54) is 16.2 Å². The minimum absolute atomic E-state index is 0.510. The van der Waals surface area contributed by atoms with Gasteiger partial charge in [0.05, 0.1) is 0 Å². The number of carbonyl (C=O) groups is 2. The number of aldehydes is 1. The van der Waals surface area contributed by atoms with Gasteiger partial charge in [-0.2, -0.15) is 0 Å². The van der Waals surface area contributed by atoms with E-state index in [4.69, 9.17) is 4.74 Å². The largest absolute Gasteiger partial charge is 0.444 e. The van der Waals surface area contributed by atoms with Crippen LogP contribution < -0.4 is 0 Å². The van der Waals surface area contributed by atoms with Crippen molar-refractivity contribution in [3.63, 3.8) is 0 Å². The summed E-state index contributed by atoms with van der Waals surface area (Å²) in [5.74, 6) is 0. The molecule has 0 radical (unpaired) electrons. The van der Waals surface area contributed by atoms with E-state index in [-0.39, 0.29) is 0 Å². The van der Waals surface area contributed by atoms with Gasteiger partial charge in [-0.1, -0.05) is 0 Å². The Bertz CT molecular complexity index is 439. The Morgan fingerprint density at radius 2 is 2.17 bits per heavy atom. The van der Waals surface area contributed by atoms with Crippen LogP contribution in [-0.4, -0.2) is 29.9 Å². The molecule has 1 heterocycles. The summed E-state index contributed by atoms with van der Waals surface area (Å²) in [5, 5.41) is 1.87. The van der Waals surface area contributed by atoms with Crippen molar-refractivity contribution in [2.45, 2.75) is 32.4 Å². The highest BCUT2D eigenvalue weighted by molar-refractivity contribution is 9.10. The Hall–Kier alpha value is -0.880. The van der Waals surface area contributed by atoms with Crippen LogP contribution in [0.3, 0.4) is 0 Å². The molecular formula is C12H16BrNO3S. The van der Waals surface area contributed by atoms with E-state index in [0.717, 1.165) is 15.6 Å². The Kier molecular flexibility index (Phi) is 4.92. The average molecular weight is 334 g/mol. The molecule has 0 N–H and O–H groups in total. The van der Waals surface area contributed by atoms with Crippen molar-refractivity contribution < 1.29 is 14.3 Å². The van der Waals surface area contributed by atoms with Crippen LogP contribution in [0.25, 0.3) is 0 Å². The van der Waals surface area contributed by atoms with Crippen molar-refractivity contribution >= 4 is 39.6 Å². The quantitative estimate of drug-likeness (QED) is 0.793. The molecule has 0 aliphatic heterocycles. The van der Waals surface area contributed by atoms with E-state index in [9.17, 15) is 9.59 Å². The predicted octanol–water partition coefficient (Wildman–Crippen LogP) is 3.62. The highest BCUT2D eigenvalue weighted by Gasteiger charge is 2.26. The Morgan fingerprint density at radius 3 is 2.56 bits per heavy atom. The van der Waals surface area contributed by atoms with Crippen LogP contribution in [0, 0.1) is 0 Å². The number of likely N-dealkylation sites (N-methyl/N-ethyl adjacent to an activating group) is 1. The molecule has 0 bridgehead atoms. The standard InChI is InChI=1S/C12H16BrNO3S/c1-12(2,3)17-11(16)14(4)9(6-15)10-5-8(13)7-18-10/h5-7,9H,1-4H3. The summed E-state index contributed by atoms with van der Waals surface area (Å²) >= 11 is 4.74. The van der Waals surface area contributed by atoms with Gasteiger partial charge < -0.3 is 9.53 Å². The van der Waals surface area contributed by atoms with Crippen LogP contribution in [0.1, 0.15) is 31.7 Å². The monoisotopic (exact) mass is 333 g/mol. The van der Waals surface area contributed by atoms with Crippen molar-refractivity contribution in [2.24, 2.45) is 0 Å². The van der Waals surface area contributed by atoms with E-state index in [1.54, 1.807) is 27.8 Å². The summed E-state index contributed by atoms with van der Waals surface area (Å²) in [5.41, 5.74) is -0.575. The summed E-state index contributed by atoms with van der Waals surface area (Å²) in [6, 6.07) is 1.21. The maximum absolute atomic E-state index is 11.9. The summed E-state index contributed by atoms with van der Waals surface area (Å²) in [6.45, 7) is 5.36. The molecule has 0 spiro atoms. The van der Waals surface area contributed by atoms with Crippen LogP contribution in [0.2, 0.25) is 0 Å². The molecule has 1 aromatic rings. The SMILES string of the molecule is CN(C(=O)OC(C)(C)C)C(C=O)c1cc(Br)cs1. The predicted molar refractivity (Wildman–Crippen MR) is 74.8 cm³/mol. The lowest BCUT2D eigenvalue weighted by Crippen LogP contribution is -2.37. The molecular weight excluding hydrogens is 318 g/mol. The van der Waals surface area contributed by atoms with E-state index in [2.05, 4.69) is 15.9 Å². The normalized spacial score (nSPS) is 12.9. The zero-order valence-corrected chi connectivity index (χ0v) is 13.2. The first-order chi connectivity index (χ1) is 8.24. The summed E-state index contributed by atoms with van der Waals surface area (Å²) in [4.78, 5) is 25.1. The van der Waals surface area contributed by atoms with Crippen LogP contribution in [0.4, 0.5) is 4.79 Å². The number of ether oxygens (including phenoxy) is 1. The van der Waals surface area contributed by atoms with Crippen LogP contribution in [0.15, 0.2) is 15.9 Å².